The summed E-state index contributed by atoms with van der Waals surface area (Å²) in [7, 11) is -3.74. The van der Waals surface area contributed by atoms with Gasteiger partial charge in [-0.1, -0.05) is 24.3 Å². The minimum Gasteiger partial charge on any atom is -0.465 e. The summed E-state index contributed by atoms with van der Waals surface area (Å²) in [6.45, 7) is 5.24. The van der Waals surface area contributed by atoms with E-state index in [4.69, 9.17) is 4.42 Å². The van der Waals surface area contributed by atoms with E-state index in [1.165, 1.54) is 18.4 Å². The fourth-order valence-corrected chi connectivity index (χ4v) is 3.05. The van der Waals surface area contributed by atoms with Crippen molar-refractivity contribution in [2.24, 2.45) is 0 Å². The molecule has 0 aliphatic carbocycles. The molecule has 5 nitrogen and oxygen atoms in total. The first-order valence-electron chi connectivity index (χ1n) is 6.36. The van der Waals surface area contributed by atoms with Gasteiger partial charge in [0, 0.05) is 5.57 Å². The van der Waals surface area contributed by atoms with E-state index in [1.54, 1.807) is 24.3 Å². The molecule has 0 fully saturated rings. The van der Waals surface area contributed by atoms with Gasteiger partial charge in [0.05, 0.1) is 23.8 Å². The van der Waals surface area contributed by atoms with Crippen molar-refractivity contribution in [2.75, 3.05) is 6.61 Å². The fraction of sp³-hybridized carbons (Fsp3) is 0.200. The molecule has 0 spiro atoms. The number of nitrogens with one attached hydrogen (secondary N) is 1. The van der Waals surface area contributed by atoms with Crippen LogP contribution in [0.4, 0.5) is 0 Å². The summed E-state index contributed by atoms with van der Waals surface area (Å²) in [4.78, 5) is 0.138. The number of aryl methyl sites for hydroxylation is 1. The quantitative estimate of drug-likeness (QED) is 0.855. The van der Waals surface area contributed by atoms with E-state index >= 15 is 0 Å². The van der Waals surface area contributed by atoms with Gasteiger partial charge < -0.3 is 9.52 Å². The minimum absolute atomic E-state index is 0.138. The van der Waals surface area contributed by atoms with E-state index in [0.29, 0.717) is 11.3 Å². The highest BCUT2D eigenvalue weighted by Gasteiger charge is 2.23. The Morgan fingerprint density at radius 1 is 1.33 bits per heavy atom. The lowest BCUT2D eigenvalue weighted by Crippen LogP contribution is -2.38. The van der Waals surface area contributed by atoms with Gasteiger partial charge in [0.2, 0.25) is 10.0 Å². The molecule has 2 N–H and O–H groups in total. The lowest BCUT2D eigenvalue weighted by molar-refractivity contribution is 0.278. The molecule has 0 aliphatic heterocycles. The van der Waals surface area contributed by atoms with Crippen molar-refractivity contribution < 1.29 is 17.9 Å². The monoisotopic (exact) mass is 307 g/mol. The Morgan fingerprint density at radius 3 is 2.52 bits per heavy atom. The molecule has 1 heterocycles. The SMILES string of the molecule is C=C(c1ccco1)C(CO)NS(=O)(=O)c1ccc(C)cc1. The highest BCUT2D eigenvalue weighted by Crippen LogP contribution is 2.19. The molecular formula is C15H17NO4S. The Labute approximate surface area is 124 Å². The third-order valence-electron chi connectivity index (χ3n) is 3.07. The van der Waals surface area contributed by atoms with Gasteiger partial charge in [-0.15, -0.1) is 0 Å². The Balaban J connectivity index is 2.21. The van der Waals surface area contributed by atoms with E-state index < -0.39 is 22.7 Å². The van der Waals surface area contributed by atoms with Crippen LogP contribution in [0.15, 0.2) is 58.6 Å². The molecule has 2 rings (SSSR count). The average Bonchev–Trinajstić information content (AvgIpc) is 2.98. The van der Waals surface area contributed by atoms with Crippen molar-refractivity contribution in [3.63, 3.8) is 0 Å². The van der Waals surface area contributed by atoms with E-state index in [0.717, 1.165) is 5.56 Å². The topological polar surface area (TPSA) is 79.5 Å². The zero-order valence-electron chi connectivity index (χ0n) is 11.6. The first-order chi connectivity index (χ1) is 9.94. The van der Waals surface area contributed by atoms with Crippen molar-refractivity contribution in [1.82, 2.24) is 4.72 Å². The first-order valence-corrected chi connectivity index (χ1v) is 7.85. The number of hydrogen-bond acceptors (Lipinski definition) is 4. The second-order valence-corrected chi connectivity index (χ2v) is 6.39. The predicted octanol–water partition coefficient (Wildman–Crippen LogP) is 1.94. The number of hydrogen-bond donors (Lipinski definition) is 2. The molecule has 21 heavy (non-hydrogen) atoms. The summed E-state index contributed by atoms with van der Waals surface area (Å²) in [5, 5.41) is 9.42. The predicted molar refractivity (Wildman–Crippen MR) is 80.1 cm³/mol. The van der Waals surface area contributed by atoms with E-state index in [2.05, 4.69) is 11.3 Å². The summed E-state index contributed by atoms with van der Waals surface area (Å²) in [5.41, 5.74) is 1.34. The van der Waals surface area contributed by atoms with Crippen LogP contribution >= 0.6 is 0 Å². The lowest BCUT2D eigenvalue weighted by Gasteiger charge is -2.17. The van der Waals surface area contributed by atoms with E-state index in [-0.39, 0.29) is 4.90 Å². The van der Waals surface area contributed by atoms with Gasteiger partial charge in [-0.25, -0.2) is 13.1 Å². The molecule has 0 bridgehead atoms. The molecule has 0 radical (unpaired) electrons. The summed E-state index contributed by atoms with van der Waals surface area (Å²) in [6.07, 6.45) is 1.46. The zero-order chi connectivity index (χ0) is 15.5. The normalized spacial score (nSPS) is 13.0. The second-order valence-electron chi connectivity index (χ2n) is 4.67. The van der Waals surface area contributed by atoms with Crippen molar-refractivity contribution in [3.05, 3.63) is 60.6 Å². The highest BCUT2D eigenvalue weighted by atomic mass is 32.2. The first kappa shape index (κ1) is 15.5. The molecule has 1 aromatic carbocycles. The maximum absolute atomic E-state index is 12.3. The second kappa shape index (κ2) is 6.26. The van der Waals surface area contributed by atoms with Crippen LogP contribution in [0, 0.1) is 6.92 Å². The van der Waals surface area contributed by atoms with Crippen LogP contribution in [0.5, 0.6) is 0 Å². The number of furan rings is 1. The lowest BCUT2D eigenvalue weighted by atomic mass is 10.1. The molecule has 0 saturated heterocycles. The van der Waals surface area contributed by atoms with Crippen LogP contribution < -0.4 is 4.72 Å². The summed E-state index contributed by atoms with van der Waals surface area (Å²) >= 11 is 0. The van der Waals surface area contributed by atoms with Crippen LogP contribution in [0.3, 0.4) is 0 Å². The number of sulfonamides is 1. The van der Waals surface area contributed by atoms with Crippen LogP contribution in [-0.2, 0) is 10.0 Å². The third kappa shape index (κ3) is 3.60. The van der Waals surface area contributed by atoms with Gasteiger partial charge in [0.1, 0.15) is 5.76 Å². The summed E-state index contributed by atoms with van der Waals surface area (Å²) in [6, 6.07) is 8.94. The number of aliphatic hydroxyl groups excluding tert-OH is 1. The minimum atomic E-state index is -3.74. The smallest absolute Gasteiger partial charge is 0.241 e. The Hall–Kier alpha value is -1.89. The molecule has 1 atom stereocenters. The van der Waals surface area contributed by atoms with Gasteiger partial charge in [0.25, 0.3) is 0 Å². The standard InChI is InChI=1S/C15H17NO4S/c1-11-5-7-13(8-6-11)21(18,19)16-14(10-17)12(2)15-4-3-9-20-15/h3-9,14,16-17H,2,10H2,1H3. The van der Waals surface area contributed by atoms with Crippen molar-refractivity contribution in [3.8, 4) is 0 Å². The molecule has 1 unspecified atom stereocenters. The van der Waals surface area contributed by atoms with Crippen molar-refractivity contribution in [1.29, 1.82) is 0 Å². The molecule has 0 aliphatic rings. The fourth-order valence-electron chi connectivity index (χ4n) is 1.82. The van der Waals surface area contributed by atoms with Crippen LogP contribution in [0.1, 0.15) is 11.3 Å². The molecule has 1 aromatic heterocycles. The summed E-state index contributed by atoms with van der Waals surface area (Å²) < 4.78 is 32.2. The van der Waals surface area contributed by atoms with Gasteiger partial charge in [-0.3, -0.25) is 0 Å². The van der Waals surface area contributed by atoms with Crippen molar-refractivity contribution >= 4 is 15.6 Å². The van der Waals surface area contributed by atoms with Gasteiger partial charge in [-0.2, -0.15) is 0 Å². The van der Waals surface area contributed by atoms with Gasteiger partial charge in [-0.05, 0) is 31.2 Å². The van der Waals surface area contributed by atoms with Crippen LogP contribution in [0.2, 0.25) is 0 Å². The van der Waals surface area contributed by atoms with E-state index in [1.807, 2.05) is 6.92 Å². The Bertz CT molecular complexity index is 703. The maximum Gasteiger partial charge on any atom is 0.241 e. The number of benzene rings is 1. The number of rotatable bonds is 6. The Kier molecular flexibility index (Phi) is 4.62. The van der Waals surface area contributed by atoms with Gasteiger partial charge in [0.15, 0.2) is 0 Å². The average molecular weight is 307 g/mol. The molecule has 2 aromatic rings. The molecule has 0 saturated carbocycles. The van der Waals surface area contributed by atoms with Gasteiger partial charge >= 0.3 is 0 Å². The maximum atomic E-state index is 12.3. The molecule has 6 heteroatoms. The third-order valence-corrected chi connectivity index (χ3v) is 4.56. The highest BCUT2D eigenvalue weighted by molar-refractivity contribution is 7.89. The molecular weight excluding hydrogens is 290 g/mol. The Morgan fingerprint density at radius 2 is 2.00 bits per heavy atom. The van der Waals surface area contributed by atoms with Crippen molar-refractivity contribution in [2.45, 2.75) is 17.9 Å². The van der Waals surface area contributed by atoms with E-state index in [9.17, 15) is 13.5 Å². The molecule has 0 amide bonds. The molecule has 112 valence electrons. The van der Waals surface area contributed by atoms with Crippen LogP contribution in [-0.4, -0.2) is 26.2 Å². The largest absolute Gasteiger partial charge is 0.465 e. The zero-order valence-corrected chi connectivity index (χ0v) is 12.4. The number of aliphatic hydroxyl groups is 1. The summed E-state index contributed by atoms with van der Waals surface area (Å²) in [5.74, 6) is 0.431. The van der Waals surface area contributed by atoms with Crippen LogP contribution in [0.25, 0.3) is 5.57 Å².